The minimum atomic E-state index is -0.0989. The monoisotopic (exact) mass is 343 g/mol. The SMILES string of the molecule is CC(=O)/C=C(\O)CC(C)C.CC(=O)/C=C(\O)CC(C)C.[Co]. The van der Waals surface area contributed by atoms with Crippen molar-refractivity contribution in [2.75, 3.05) is 0 Å². The molecular formula is C16H28CoO4. The summed E-state index contributed by atoms with van der Waals surface area (Å²) in [5, 5.41) is 18.1. The predicted molar refractivity (Wildman–Crippen MR) is 81.7 cm³/mol. The summed E-state index contributed by atoms with van der Waals surface area (Å²) in [7, 11) is 0. The molecule has 0 atom stereocenters. The molecule has 5 heteroatoms. The van der Waals surface area contributed by atoms with Crippen LogP contribution < -0.4 is 0 Å². The number of carbonyl (C=O) groups excluding carboxylic acids is 2. The Hall–Kier alpha value is -1.07. The largest absolute Gasteiger partial charge is 0.512 e. The Balaban J connectivity index is -0.000000295. The van der Waals surface area contributed by atoms with E-state index in [1.807, 2.05) is 27.7 Å². The molecule has 2 N–H and O–H groups in total. The first kappa shape index (κ1) is 24.9. The second-order valence-electron chi connectivity index (χ2n) is 5.69. The molecule has 0 aliphatic heterocycles. The van der Waals surface area contributed by atoms with Crippen LogP contribution in [0, 0.1) is 11.8 Å². The zero-order chi connectivity index (χ0) is 16.3. The van der Waals surface area contributed by atoms with Gasteiger partial charge in [-0.1, -0.05) is 27.7 Å². The summed E-state index contributed by atoms with van der Waals surface area (Å²) in [4.78, 5) is 20.8. The third-order valence-corrected chi connectivity index (χ3v) is 1.97. The third kappa shape index (κ3) is 24.3. The fourth-order valence-corrected chi connectivity index (χ4v) is 1.42. The summed E-state index contributed by atoms with van der Waals surface area (Å²) in [5.41, 5.74) is 0. The van der Waals surface area contributed by atoms with Gasteiger partial charge in [0.25, 0.3) is 0 Å². The maximum Gasteiger partial charge on any atom is 0.155 e. The number of hydrogen-bond acceptors (Lipinski definition) is 4. The molecule has 0 aromatic heterocycles. The topological polar surface area (TPSA) is 74.6 Å². The van der Waals surface area contributed by atoms with Crippen molar-refractivity contribution in [1.29, 1.82) is 0 Å². The molecule has 21 heavy (non-hydrogen) atoms. The molecular weight excluding hydrogens is 315 g/mol. The minimum absolute atomic E-state index is 0. The van der Waals surface area contributed by atoms with E-state index in [2.05, 4.69) is 0 Å². The Morgan fingerprint density at radius 1 is 0.810 bits per heavy atom. The summed E-state index contributed by atoms with van der Waals surface area (Å²) in [6.45, 7) is 10.8. The number of aliphatic hydroxyl groups is 2. The predicted octanol–water partition coefficient (Wildman–Crippen LogP) is 4.12. The summed E-state index contributed by atoms with van der Waals surface area (Å²) >= 11 is 0. The second kappa shape index (κ2) is 13.9. The van der Waals surface area contributed by atoms with Gasteiger partial charge in [-0.15, -0.1) is 0 Å². The maximum absolute atomic E-state index is 10.4. The standard InChI is InChI=1S/2C8H14O2.Co/c2*1-6(2)4-8(10)5-7(3)9;/h2*5-6,10H,4H2,1-3H3;/b2*8-5-;. The number of ketones is 2. The molecule has 0 spiro atoms. The van der Waals surface area contributed by atoms with E-state index in [1.54, 1.807) is 0 Å². The average Bonchev–Trinajstić information content (AvgIpc) is 2.11. The van der Waals surface area contributed by atoms with Gasteiger partial charge in [-0.05, 0) is 25.7 Å². The molecule has 0 aliphatic rings. The normalized spacial score (nSPS) is 11.6. The molecule has 0 saturated carbocycles. The van der Waals surface area contributed by atoms with Crippen LogP contribution in [0.25, 0.3) is 0 Å². The molecule has 0 aliphatic carbocycles. The summed E-state index contributed by atoms with van der Waals surface area (Å²) in [5.74, 6) is 0.965. The van der Waals surface area contributed by atoms with Crippen LogP contribution in [0.15, 0.2) is 23.7 Å². The van der Waals surface area contributed by atoms with E-state index in [0.717, 1.165) is 0 Å². The first-order valence-corrected chi connectivity index (χ1v) is 6.84. The molecule has 0 fully saturated rings. The zero-order valence-corrected chi connectivity index (χ0v) is 14.8. The van der Waals surface area contributed by atoms with Crippen LogP contribution in [0.3, 0.4) is 0 Å². The Morgan fingerprint density at radius 2 is 1.05 bits per heavy atom. The molecule has 125 valence electrons. The summed E-state index contributed by atoms with van der Waals surface area (Å²) in [6, 6.07) is 0. The van der Waals surface area contributed by atoms with Crippen molar-refractivity contribution in [1.82, 2.24) is 0 Å². The van der Waals surface area contributed by atoms with Crippen molar-refractivity contribution in [3.63, 3.8) is 0 Å². The molecule has 0 heterocycles. The van der Waals surface area contributed by atoms with Crippen molar-refractivity contribution >= 4 is 11.6 Å². The third-order valence-electron chi connectivity index (χ3n) is 1.97. The average molecular weight is 343 g/mol. The van der Waals surface area contributed by atoms with Gasteiger partial charge in [0.1, 0.15) is 0 Å². The van der Waals surface area contributed by atoms with Crippen molar-refractivity contribution in [3.8, 4) is 0 Å². The van der Waals surface area contributed by atoms with Gasteiger partial charge in [-0.2, -0.15) is 0 Å². The Bertz CT molecular complexity index is 332. The second-order valence-corrected chi connectivity index (χ2v) is 5.69. The molecule has 0 aromatic carbocycles. The van der Waals surface area contributed by atoms with Crippen molar-refractivity contribution in [2.24, 2.45) is 11.8 Å². The van der Waals surface area contributed by atoms with Gasteiger partial charge >= 0.3 is 0 Å². The van der Waals surface area contributed by atoms with Gasteiger partial charge < -0.3 is 10.2 Å². The number of hydrogen-bond donors (Lipinski definition) is 2. The summed E-state index contributed by atoms with van der Waals surface area (Å²) in [6.07, 6.45) is 3.69. The number of rotatable bonds is 6. The Morgan fingerprint density at radius 3 is 1.19 bits per heavy atom. The van der Waals surface area contributed by atoms with E-state index >= 15 is 0 Å². The fourth-order valence-electron chi connectivity index (χ4n) is 1.42. The fraction of sp³-hybridized carbons (Fsp3) is 0.625. The van der Waals surface area contributed by atoms with Gasteiger partial charge in [0.15, 0.2) is 11.6 Å². The van der Waals surface area contributed by atoms with E-state index in [1.165, 1.54) is 26.0 Å². The molecule has 4 nitrogen and oxygen atoms in total. The molecule has 0 bridgehead atoms. The van der Waals surface area contributed by atoms with Crippen LogP contribution in [-0.4, -0.2) is 21.8 Å². The van der Waals surface area contributed by atoms with Gasteiger partial charge in [0, 0.05) is 41.8 Å². The molecule has 0 amide bonds. The quantitative estimate of drug-likeness (QED) is 0.562. The van der Waals surface area contributed by atoms with Crippen LogP contribution in [0.5, 0.6) is 0 Å². The first-order valence-electron chi connectivity index (χ1n) is 6.84. The van der Waals surface area contributed by atoms with E-state index in [0.29, 0.717) is 24.7 Å². The molecule has 0 aromatic rings. The Kier molecular flexibility index (Phi) is 16.5. The molecule has 0 rings (SSSR count). The number of allylic oxidation sites excluding steroid dienone is 4. The molecule has 0 unspecified atom stereocenters. The van der Waals surface area contributed by atoms with Crippen molar-refractivity contribution in [2.45, 2.75) is 54.4 Å². The van der Waals surface area contributed by atoms with Crippen LogP contribution in [0.2, 0.25) is 0 Å². The van der Waals surface area contributed by atoms with Crippen LogP contribution in [-0.2, 0) is 26.4 Å². The smallest absolute Gasteiger partial charge is 0.155 e. The van der Waals surface area contributed by atoms with Crippen molar-refractivity contribution < 1.29 is 36.6 Å². The van der Waals surface area contributed by atoms with Crippen LogP contribution in [0.4, 0.5) is 0 Å². The number of carbonyl (C=O) groups is 2. The van der Waals surface area contributed by atoms with E-state index in [-0.39, 0.29) is 39.9 Å². The van der Waals surface area contributed by atoms with Crippen LogP contribution >= 0.6 is 0 Å². The van der Waals surface area contributed by atoms with Gasteiger partial charge in [-0.3, -0.25) is 9.59 Å². The maximum atomic E-state index is 10.4. The van der Waals surface area contributed by atoms with Gasteiger partial charge in [0.05, 0.1) is 11.5 Å². The van der Waals surface area contributed by atoms with Crippen molar-refractivity contribution in [3.05, 3.63) is 23.7 Å². The number of aliphatic hydroxyl groups excluding tert-OH is 2. The van der Waals surface area contributed by atoms with Gasteiger partial charge in [0.2, 0.25) is 0 Å². The van der Waals surface area contributed by atoms with E-state index in [4.69, 9.17) is 10.2 Å². The summed E-state index contributed by atoms with van der Waals surface area (Å²) < 4.78 is 0. The van der Waals surface area contributed by atoms with Gasteiger partial charge in [-0.25, -0.2) is 0 Å². The minimum Gasteiger partial charge on any atom is -0.512 e. The first-order chi connectivity index (χ1) is 9.04. The van der Waals surface area contributed by atoms with Crippen LogP contribution in [0.1, 0.15) is 54.4 Å². The van der Waals surface area contributed by atoms with E-state index in [9.17, 15) is 9.59 Å². The zero-order valence-electron chi connectivity index (χ0n) is 13.8. The molecule has 1 radical (unpaired) electrons. The molecule has 0 saturated heterocycles. The Labute approximate surface area is 138 Å². The van der Waals surface area contributed by atoms with E-state index < -0.39 is 0 Å².